The molecule has 0 radical (unpaired) electrons. The number of hydrogen-bond donors (Lipinski definition) is 2. The number of nitrogens with zero attached hydrogens (tertiary/aromatic N) is 2. The van der Waals surface area contributed by atoms with Crippen molar-refractivity contribution < 1.29 is 12.8 Å². The van der Waals surface area contributed by atoms with E-state index in [2.05, 4.69) is 15.1 Å². The third-order valence-corrected chi connectivity index (χ3v) is 4.35. The lowest BCUT2D eigenvalue weighted by molar-refractivity contribution is 0.506. The molecule has 0 saturated carbocycles. The Hall–Kier alpha value is -1.64. The van der Waals surface area contributed by atoms with Gasteiger partial charge in [-0.05, 0) is 18.7 Å². The van der Waals surface area contributed by atoms with Gasteiger partial charge in [-0.25, -0.2) is 13.1 Å². The van der Waals surface area contributed by atoms with E-state index in [0.29, 0.717) is 19.5 Å². The standard InChI is InChI=1S/C13H20N4O3S/c1-2-14-7-8-17-11-13(10-15-17)21(18,19)16-6-5-12-4-3-9-20-12/h3-4,9-11,14,16H,2,5-8H2,1H3. The summed E-state index contributed by atoms with van der Waals surface area (Å²) in [5, 5.41) is 7.21. The molecule has 0 amide bonds. The Morgan fingerprint density at radius 2 is 2.24 bits per heavy atom. The molecule has 0 fully saturated rings. The zero-order valence-corrected chi connectivity index (χ0v) is 12.8. The second-order valence-electron chi connectivity index (χ2n) is 4.52. The fraction of sp³-hybridized carbons (Fsp3) is 0.462. The maximum atomic E-state index is 12.1. The van der Waals surface area contributed by atoms with Crippen molar-refractivity contribution in [2.24, 2.45) is 0 Å². The normalized spacial score (nSPS) is 11.9. The van der Waals surface area contributed by atoms with E-state index in [9.17, 15) is 8.42 Å². The van der Waals surface area contributed by atoms with E-state index in [-0.39, 0.29) is 4.90 Å². The van der Waals surface area contributed by atoms with Gasteiger partial charge >= 0.3 is 0 Å². The van der Waals surface area contributed by atoms with Crippen molar-refractivity contribution in [1.29, 1.82) is 0 Å². The molecule has 116 valence electrons. The molecule has 0 spiro atoms. The highest BCUT2D eigenvalue weighted by Gasteiger charge is 2.16. The highest BCUT2D eigenvalue weighted by Crippen LogP contribution is 2.07. The molecule has 2 N–H and O–H groups in total. The Kier molecular flexibility index (Phi) is 5.54. The quantitative estimate of drug-likeness (QED) is 0.662. The average molecular weight is 312 g/mol. The van der Waals surface area contributed by atoms with Crippen LogP contribution in [0.5, 0.6) is 0 Å². The molecule has 0 atom stereocenters. The summed E-state index contributed by atoms with van der Waals surface area (Å²) in [6, 6.07) is 3.59. The largest absolute Gasteiger partial charge is 0.469 e. The first-order chi connectivity index (χ1) is 10.1. The smallest absolute Gasteiger partial charge is 0.243 e. The minimum absolute atomic E-state index is 0.179. The molecule has 0 aliphatic carbocycles. The lowest BCUT2D eigenvalue weighted by Gasteiger charge is -2.03. The topological polar surface area (TPSA) is 89.2 Å². The first kappa shape index (κ1) is 15.7. The van der Waals surface area contributed by atoms with Crippen molar-refractivity contribution in [3.05, 3.63) is 36.5 Å². The van der Waals surface area contributed by atoms with Gasteiger partial charge in [0, 0.05) is 25.7 Å². The van der Waals surface area contributed by atoms with Gasteiger partial charge in [0.1, 0.15) is 10.7 Å². The predicted octanol–water partition coefficient (Wildman–Crippen LogP) is 0.607. The summed E-state index contributed by atoms with van der Waals surface area (Å²) in [6.07, 6.45) is 4.98. The van der Waals surface area contributed by atoms with Crippen LogP contribution >= 0.6 is 0 Å². The van der Waals surface area contributed by atoms with Gasteiger partial charge in [-0.15, -0.1) is 0 Å². The third-order valence-electron chi connectivity index (χ3n) is 2.93. The molecule has 2 rings (SSSR count). The van der Waals surface area contributed by atoms with E-state index in [4.69, 9.17) is 4.42 Å². The van der Waals surface area contributed by atoms with Gasteiger partial charge in [-0.3, -0.25) is 4.68 Å². The third kappa shape index (κ3) is 4.69. The van der Waals surface area contributed by atoms with Gasteiger partial charge in [0.2, 0.25) is 10.0 Å². The molecule has 8 heteroatoms. The summed E-state index contributed by atoms with van der Waals surface area (Å²) in [7, 11) is -3.52. The number of hydrogen-bond acceptors (Lipinski definition) is 5. The van der Waals surface area contributed by atoms with Crippen LogP contribution in [-0.2, 0) is 23.0 Å². The molecule has 0 aliphatic rings. The Bertz CT molecular complexity index is 634. The van der Waals surface area contributed by atoms with Crippen molar-refractivity contribution in [2.45, 2.75) is 24.8 Å². The molecule has 21 heavy (non-hydrogen) atoms. The summed E-state index contributed by atoms with van der Waals surface area (Å²) in [6.45, 7) is 4.57. The van der Waals surface area contributed by atoms with Crippen LogP contribution < -0.4 is 10.0 Å². The van der Waals surface area contributed by atoms with E-state index in [1.807, 2.05) is 13.0 Å². The molecule has 0 aliphatic heterocycles. The van der Waals surface area contributed by atoms with Crippen molar-refractivity contribution in [3.8, 4) is 0 Å². The van der Waals surface area contributed by atoms with Crippen LogP contribution in [0, 0.1) is 0 Å². The molecule has 2 aromatic heterocycles. The second kappa shape index (κ2) is 7.39. The fourth-order valence-electron chi connectivity index (χ4n) is 1.82. The summed E-state index contributed by atoms with van der Waals surface area (Å²) in [4.78, 5) is 0.179. The fourth-order valence-corrected chi connectivity index (χ4v) is 2.81. The minimum Gasteiger partial charge on any atom is -0.469 e. The van der Waals surface area contributed by atoms with Gasteiger partial charge in [0.05, 0.1) is 19.0 Å². The van der Waals surface area contributed by atoms with E-state index >= 15 is 0 Å². The Morgan fingerprint density at radius 1 is 1.38 bits per heavy atom. The number of aromatic nitrogens is 2. The molecule has 2 heterocycles. The SMILES string of the molecule is CCNCCn1cc(S(=O)(=O)NCCc2ccco2)cn1. The number of rotatable bonds is 9. The molecule has 7 nitrogen and oxygen atoms in total. The van der Waals surface area contributed by atoms with Gasteiger partial charge in [-0.1, -0.05) is 6.92 Å². The highest BCUT2D eigenvalue weighted by atomic mass is 32.2. The van der Waals surface area contributed by atoms with Crippen LogP contribution in [0.25, 0.3) is 0 Å². The summed E-state index contributed by atoms with van der Waals surface area (Å²) < 4.78 is 33.5. The lowest BCUT2D eigenvalue weighted by Crippen LogP contribution is -2.25. The van der Waals surface area contributed by atoms with E-state index in [0.717, 1.165) is 18.8 Å². The molecule has 0 saturated heterocycles. The van der Waals surface area contributed by atoms with Crippen LogP contribution in [-0.4, -0.2) is 37.8 Å². The van der Waals surface area contributed by atoms with Gasteiger partial charge in [0.15, 0.2) is 0 Å². The van der Waals surface area contributed by atoms with Crippen LogP contribution in [0.4, 0.5) is 0 Å². The summed E-state index contributed by atoms with van der Waals surface area (Å²) in [5.41, 5.74) is 0. The second-order valence-corrected chi connectivity index (χ2v) is 6.29. The minimum atomic E-state index is -3.52. The molecule has 0 bridgehead atoms. The van der Waals surface area contributed by atoms with Crippen molar-refractivity contribution in [2.75, 3.05) is 19.6 Å². The molecule has 2 aromatic rings. The monoisotopic (exact) mass is 312 g/mol. The van der Waals surface area contributed by atoms with Crippen molar-refractivity contribution in [3.63, 3.8) is 0 Å². The van der Waals surface area contributed by atoms with Gasteiger partial charge < -0.3 is 9.73 Å². The number of nitrogens with one attached hydrogen (secondary N) is 2. The van der Waals surface area contributed by atoms with Crippen LogP contribution in [0.3, 0.4) is 0 Å². The number of furan rings is 1. The van der Waals surface area contributed by atoms with Crippen molar-refractivity contribution in [1.82, 2.24) is 19.8 Å². The molecule has 0 unspecified atom stereocenters. The van der Waals surface area contributed by atoms with E-state index in [1.165, 1.54) is 12.4 Å². The predicted molar refractivity (Wildman–Crippen MR) is 78.4 cm³/mol. The first-order valence-corrected chi connectivity index (χ1v) is 8.35. The Labute approximate surface area is 124 Å². The molecular formula is C13H20N4O3S. The van der Waals surface area contributed by atoms with E-state index < -0.39 is 10.0 Å². The zero-order valence-electron chi connectivity index (χ0n) is 11.9. The zero-order chi connectivity index (χ0) is 15.1. The number of likely N-dealkylation sites (N-methyl/N-ethyl adjacent to an activating group) is 1. The average Bonchev–Trinajstić information content (AvgIpc) is 3.10. The Balaban J connectivity index is 1.86. The first-order valence-electron chi connectivity index (χ1n) is 6.87. The molecule has 0 aromatic carbocycles. The Morgan fingerprint density at radius 3 is 2.95 bits per heavy atom. The van der Waals surface area contributed by atoms with Crippen LogP contribution in [0.1, 0.15) is 12.7 Å². The lowest BCUT2D eigenvalue weighted by atomic mass is 10.3. The number of sulfonamides is 1. The van der Waals surface area contributed by atoms with Crippen LogP contribution in [0.2, 0.25) is 0 Å². The van der Waals surface area contributed by atoms with Gasteiger partial charge in [-0.2, -0.15) is 5.10 Å². The molecular weight excluding hydrogens is 292 g/mol. The maximum Gasteiger partial charge on any atom is 0.243 e. The highest BCUT2D eigenvalue weighted by molar-refractivity contribution is 7.89. The van der Waals surface area contributed by atoms with Crippen molar-refractivity contribution >= 4 is 10.0 Å². The van der Waals surface area contributed by atoms with Crippen LogP contribution in [0.15, 0.2) is 40.1 Å². The van der Waals surface area contributed by atoms with Gasteiger partial charge in [0.25, 0.3) is 0 Å². The summed E-state index contributed by atoms with van der Waals surface area (Å²) >= 11 is 0. The summed E-state index contributed by atoms with van der Waals surface area (Å²) in [5.74, 6) is 0.749. The van der Waals surface area contributed by atoms with E-state index in [1.54, 1.807) is 17.0 Å². The maximum absolute atomic E-state index is 12.1.